The van der Waals surface area contributed by atoms with Crippen LogP contribution < -0.4 is 10.0 Å². The molecule has 0 unspecified atom stereocenters. The summed E-state index contributed by atoms with van der Waals surface area (Å²) in [6.45, 7) is 7.00. The number of carbonyl (C=O) groups is 1. The van der Waals surface area contributed by atoms with Crippen LogP contribution in [0.25, 0.3) is 0 Å². The van der Waals surface area contributed by atoms with Gasteiger partial charge in [-0.05, 0) is 25.1 Å². The summed E-state index contributed by atoms with van der Waals surface area (Å²) in [7, 11) is -3.31. The molecule has 0 aliphatic carbocycles. The van der Waals surface area contributed by atoms with E-state index in [1.54, 1.807) is 31.2 Å². The summed E-state index contributed by atoms with van der Waals surface area (Å²) in [6.07, 6.45) is 0. The summed E-state index contributed by atoms with van der Waals surface area (Å²) in [4.78, 5) is 11.8. The van der Waals surface area contributed by atoms with Crippen LogP contribution in [0.4, 0.5) is 11.4 Å². The van der Waals surface area contributed by atoms with E-state index in [1.807, 2.05) is 20.8 Å². The van der Waals surface area contributed by atoms with Gasteiger partial charge in [-0.1, -0.05) is 26.8 Å². The fourth-order valence-electron chi connectivity index (χ4n) is 1.23. The second-order valence-corrected chi connectivity index (χ2v) is 7.30. The highest BCUT2D eigenvalue weighted by Gasteiger charge is 2.21. The van der Waals surface area contributed by atoms with Crippen LogP contribution in [0.1, 0.15) is 27.7 Å². The Balaban J connectivity index is 2.87. The lowest BCUT2D eigenvalue weighted by Crippen LogP contribution is -2.27. The van der Waals surface area contributed by atoms with Crippen LogP contribution >= 0.6 is 0 Å². The molecule has 0 aliphatic rings. The summed E-state index contributed by atoms with van der Waals surface area (Å²) in [5.74, 6) is -0.117. The second kappa shape index (κ2) is 5.61. The van der Waals surface area contributed by atoms with Crippen LogP contribution in [-0.4, -0.2) is 20.1 Å². The molecule has 1 aromatic rings. The zero-order valence-electron chi connectivity index (χ0n) is 11.6. The average molecular weight is 284 g/mol. The van der Waals surface area contributed by atoms with E-state index in [4.69, 9.17) is 0 Å². The molecule has 1 amide bonds. The van der Waals surface area contributed by atoms with Gasteiger partial charge < -0.3 is 5.32 Å². The van der Waals surface area contributed by atoms with Gasteiger partial charge in [-0.15, -0.1) is 0 Å². The minimum absolute atomic E-state index is 0.00553. The SMILES string of the molecule is CCS(=O)(=O)Nc1cccc(NC(=O)C(C)(C)C)c1. The summed E-state index contributed by atoms with van der Waals surface area (Å²) in [6, 6.07) is 6.63. The van der Waals surface area contributed by atoms with Crippen LogP contribution in [0.3, 0.4) is 0 Å². The fourth-order valence-corrected chi connectivity index (χ4v) is 1.86. The number of sulfonamides is 1. The number of amides is 1. The first kappa shape index (κ1) is 15.5. The maximum atomic E-state index is 11.8. The van der Waals surface area contributed by atoms with Crippen molar-refractivity contribution >= 4 is 27.3 Å². The van der Waals surface area contributed by atoms with Gasteiger partial charge in [-0.2, -0.15) is 0 Å². The predicted molar refractivity (Wildman–Crippen MR) is 77.6 cm³/mol. The molecule has 2 N–H and O–H groups in total. The molecule has 0 fully saturated rings. The monoisotopic (exact) mass is 284 g/mol. The second-order valence-electron chi connectivity index (χ2n) is 5.29. The third-order valence-corrected chi connectivity index (χ3v) is 3.76. The minimum Gasteiger partial charge on any atom is -0.326 e. The average Bonchev–Trinajstić information content (AvgIpc) is 2.27. The molecule has 0 bridgehead atoms. The maximum Gasteiger partial charge on any atom is 0.232 e. The Hall–Kier alpha value is -1.56. The first-order chi connectivity index (χ1) is 8.64. The van der Waals surface area contributed by atoms with Gasteiger partial charge in [0.05, 0.1) is 11.4 Å². The zero-order chi connectivity index (χ0) is 14.7. The molecule has 0 radical (unpaired) electrons. The Bertz CT molecular complexity index is 559. The highest BCUT2D eigenvalue weighted by molar-refractivity contribution is 7.92. The van der Waals surface area contributed by atoms with Gasteiger partial charge in [-0.3, -0.25) is 9.52 Å². The Labute approximate surface area is 114 Å². The molecular weight excluding hydrogens is 264 g/mol. The van der Waals surface area contributed by atoms with E-state index in [9.17, 15) is 13.2 Å². The van der Waals surface area contributed by atoms with Crippen LogP contribution in [0, 0.1) is 5.41 Å². The molecule has 1 rings (SSSR count). The predicted octanol–water partition coefficient (Wildman–Crippen LogP) is 2.43. The Morgan fingerprint density at radius 3 is 2.32 bits per heavy atom. The molecule has 0 heterocycles. The zero-order valence-corrected chi connectivity index (χ0v) is 12.5. The van der Waals surface area contributed by atoms with Gasteiger partial charge in [-0.25, -0.2) is 8.42 Å². The molecule has 0 aliphatic heterocycles. The van der Waals surface area contributed by atoms with Gasteiger partial charge >= 0.3 is 0 Å². The number of anilines is 2. The van der Waals surface area contributed by atoms with Gasteiger partial charge in [0, 0.05) is 11.1 Å². The van der Waals surface area contributed by atoms with E-state index in [1.165, 1.54) is 0 Å². The van der Waals surface area contributed by atoms with Crippen molar-refractivity contribution in [2.45, 2.75) is 27.7 Å². The van der Waals surface area contributed by atoms with E-state index < -0.39 is 15.4 Å². The number of benzene rings is 1. The largest absolute Gasteiger partial charge is 0.326 e. The molecule has 1 aromatic carbocycles. The van der Waals surface area contributed by atoms with Crippen molar-refractivity contribution in [2.24, 2.45) is 5.41 Å². The van der Waals surface area contributed by atoms with E-state index in [0.717, 1.165) is 0 Å². The molecule has 0 aromatic heterocycles. The van der Waals surface area contributed by atoms with Crippen molar-refractivity contribution in [3.05, 3.63) is 24.3 Å². The number of carbonyl (C=O) groups excluding carboxylic acids is 1. The lowest BCUT2D eigenvalue weighted by atomic mass is 9.95. The van der Waals surface area contributed by atoms with Crippen molar-refractivity contribution in [1.82, 2.24) is 0 Å². The molecule has 0 saturated carbocycles. The van der Waals surface area contributed by atoms with Crippen LogP contribution in [0.5, 0.6) is 0 Å². The summed E-state index contributed by atoms with van der Waals surface area (Å²) in [5, 5.41) is 2.75. The number of rotatable bonds is 4. The molecule has 6 heteroatoms. The number of nitrogens with one attached hydrogen (secondary N) is 2. The van der Waals surface area contributed by atoms with Gasteiger partial charge in [0.2, 0.25) is 15.9 Å². The molecule has 0 saturated heterocycles. The quantitative estimate of drug-likeness (QED) is 0.891. The van der Waals surface area contributed by atoms with Crippen LogP contribution in [0.15, 0.2) is 24.3 Å². The normalized spacial score (nSPS) is 12.0. The van der Waals surface area contributed by atoms with Crippen LogP contribution in [0.2, 0.25) is 0 Å². The molecule has 0 spiro atoms. The fraction of sp³-hybridized carbons (Fsp3) is 0.462. The third kappa shape index (κ3) is 4.90. The Morgan fingerprint density at radius 2 is 1.79 bits per heavy atom. The summed E-state index contributed by atoms with van der Waals surface area (Å²) in [5.41, 5.74) is 0.503. The van der Waals surface area contributed by atoms with Gasteiger partial charge in [0.1, 0.15) is 0 Å². The van der Waals surface area contributed by atoms with Gasteiger partial charge in [0.15, 0.2) is 0 Å². The molecule has 19 heavy (non-hydrogen) atoms. The Morgan fingerprint density at radius 1 is 1.21 bits per heavy atom. The number of hydrogen-bond donors (Lipinski definition) is 2. The van der Waals surface area contributed by atoms with E-state index in [-0.39, 0.29) is 11.7 Å². The van der Waals surface area contributed by atoms with Crippen molar-refractivity contribution in [2.75, 3.05) is 15.8 Å². The topological polar surface area (TPSA) is 75.3 Å². The third-order valence-electron chi connectivity index (χ3n) is 2.46. The lowest BCUT2D eigenvalue weighted by Gasteiger charge is -2.18. The summed E-state index contributed by atoms with van der Waals surface area (Å²) < 4.78 is 25.4. The van der Waals surface area contributed by atoms with Crippen molar-refractivity contribution < 1.29 is 13.2 Å². The molecule has 5 nitrogen and oxygen atoms in total. The molecule has 0 atom stereocenters. The molecule has 106 valence electrons. The van der Waals surface area contributed by atoms with Crippen molar-refractivity contribution in [3.63, 3.8) is 0 Å². The van der Waals surface area contributed by atoms with E-state index in [0.29, 0.717) is 11.4 Å². The smallest absolute Gasteiger partial charge is 0.232 e. The lowest BCUT2D eigenvalue weighted by molar-refractivity contribution is -0.123. The minimum atomic E-state index is -3.31. The highest BCUT2D eigenvalue weighted by atomic mass is 32.2. The first-order valence-electron chi connectivity index (χ1n) is 6.06. The van der Waals surface area contributed by atoms with Crippen molar-refractivity contribution in [3.8, 4) is 0 Å². The first-order valence-corrected chi connectivity index (χ1v) is 7.71. The Kier molecular flexibility index (Phi) is 4.57. The van der Waals surface area contributed by atoms with E-state index in [2.05, 4.69) is 10.0 Å². The highest BCUT2D eigenvalue weighted by Crippen LogP contribution is 2.20. The summed E-state index contributed by atoms with van der Waals surface area (Å²) >= 11 is 0. The van der Waals surface area contributed by atoms with Crippen molar-refractivity contribution in [1.29, 1.82) is 0 Å². The molecular formula is C13H20N2O3S. The van der Waals surface area contributed by atoms with E-state index >= 15 is 0 Å². The maximum absolute atomic E-state index is 11.8. The van der Waals surface area contributed by atoms with Crippen LogP contribution in [-0.2, 0) is 14.8 Å². The standard InChI is InChI=1S/C13H20N2O3S/c1-5-19(17,18)15-11-8-6-7-10(9-11)14-12(16)13(2,3)4/h6-9,15H,5H2,1-4H3,(H,14,16). The number of hydrogen-bond acceptors (Lipinski definition) is 3. The van der Waals surface area contributed by atoms with Gasteiger partial charge in [0.25, 0.3) is 0 Å².